The number of rotatable bonds is 0. The van der Waals surface area contributed by atoms with Crippen LogP contribution in [0.15, 0.2) is 29.2 Å². The van der Waals surface area contributed by atoms with Gasteiger partial charge in [-0.15, -0.1) is 0 Å². The first kappa shape index (κ1) is 6.08. The van der Waals surface area contributed by atoms with Gasteiger partial charge in [-0.3, -0.25) is 4.99 Å². The zero-order valence-corrected chi connectivity index (χ0v) is 5.70. The van der Waals surface area contributed by atoms with E-state index in [2.05, 4.69) is 4.99 Å². The van der Waals surface area contributed by atoms with Gasteiger partial charge < -0.3 is 4.90 Å². The molecule has 0 aromatic rings. The summed E-state index contributed by atoms with van der Waals surface area (Å²) in [5.74, 6) is 0. The second-order valence-corrected chi connectivity index (χ2v) is 1.90. The minimum atomic E-state index is 1.14. The molecule has 0 aromatic carbocycles. The highest BCUT2D eigenvalue weighted by Crippen LogP contribution is 2.02. The first-order valence-electron chi connectivity index (χ1n) is 2.93. The minimum Gasteiger partial charge on any atom is -0.349 e. The van der Waals surface area contributed by atoms with Gasteiger partial charge in [0.15, 0.2) is 0 Å². The lowest BCUT2D eigenvalue weighted by Gasteiger charge is -2.15. The largest absolute Gasteiger partial charge is 0.349 e. The van der Waals surface area contributed by atoms with Gasteiger partial charge in [0.05, 0.1) is 11.9 Å². The molecule has 0 bridgehead atoms. The van der Waals surface area contributed by atoms with Gasteiger partial charge in [0.1, 0.15) is 0 Å². The van der Waals surface area contributed by atoms with Crippen LogP contribution in [0.2, 0.25) is 0 Å². The number of aliphatic imine (C=N–C) groups is 1. The minimum absolute atomic E-state index is 1.14. The van der Waals surface area contributed by atoms with Gasteiger partial charge in [0, 0.05) is 19.4 Å². The Bertz CT molecular complexity index is 177. The highest BCUT2D eigenvalue weighted by atomic mass is 15.1. The fourth-order valence-electron chi connectivity index (χ4n) is 0.713. The monoisotopic (exact) mass is 122 g/mol. The summed E-state index contributed by atoms with van der Waals surface area (Å²) >= 11 is 0. The standard InChI is InChI=1S/C7H10N2/c1-3-7-6-8-4-5-9(7)2/h3-6H,1-2H3/b7-3-. The summed E-state index contributed by atoms with van der Waals surface area (Å²) in [6.07, 6.45) is 7.55. The Morgan fingerprint density at radius 1 is 1.67 bits per heavy atom. The van der Waals surface area contributed by atoms with Crippen LogP contribution in [0.5, 0.6) is 0 Å². The highest BCUT2D eigenvalue weighted by molar-refractivity contribution is 5.79. The molecule has 0 saturated heterocycles. The maximum atomic E-state index is 3.96. The molecule has 0 spiro atoms. The molecular formula is C7H10N2. The van der Waals surface area contributed by atoms with E-state index in [4.69, 9.17) is 0 Å². The van der Waals surface area contributed by atoms with Crippen molar-refractivity contribution in [2.24, 2.45) is 4.99 Å². The summed E-state index contributed by atoms with van der Waals surface area (Å²) in [6.45, 7) is 2.00. The number of hydrogen-bond donors (Lipinski definition) is 0. The van der Waals surface area contributed by atoms with Crippen LogP contribution in [0.1, 0.15) is 6.92 Å². The Labute approximate surface area is 55.2 Å². The van der Waals surface area contributed by atoms with Crippen molar-refractivity contribution in [1.29, 1.82) is 0 Å². The van der Waals surface area contributed by atoms with E-state index in [9.17, 15) is 0 Å². The van der Waals surface area contributed by atoms with Crippen molar-refractivity contribution in [3.05, 3.63) is 24.2 Å². The second kappa shape index (κ2) is 2.49. The topological polar surface area (TPSA) is 15.6 Å². The van der Waals surface area contributed by atoms with Gasteiger partial charge in [0.2, 0.25) is 0 Å². The smallest absolute Gasteiger partial charge is 0.0546 e. The maximum Gasteiger partial charge on any atom is 0.0546 e. The molecule has 2 heteroatoms. The molecule has 0 atom stereocenters. The van der Waals surface area contributed by atoms with Gasteiger partial charge in [0.25, 0.3) is 0 Å². The van der Waals surface area contributed by atoms with Crippen LogP contribution in [0, 0.1) is 0 Å². The SMILES string of the molecule is C/C=C1/C=NC=CN1C. The van der Waals surface area contributed by atoms with E-state index < -0.39 is 0 Å². The van der Waals surface area contributed by atoms with Crippen molar-refractivity contribution < 1.29 is 0 Å². The lowest BCUT2D eigenvalue weighted by molar-refractivity contribution is 0.593. The fourth-order valence-corrected chi connectivity index (χ4v) is 0.713. The zero-order chi connectivity index (χ0) is 6.69. The first-order valence-corrected chi connectivity index (χ1v) is 2.93. The summed E-state index contributed by atoms with van der Waals surface area (Å²) in [7, 11) is 2.00. The molecule has 1 aliphatic heterocycles. The molecule has 1 heterocycles. The second-order valence-electron chi connectivity index (χ2n) is 1.90. The predicted octanol–water partition coefficient (Wildman–Crippen LogP) is 1.38. The molecular weight excluding hydrogens is 112 g/mol. The Kier molecular flexibility index (Phi) is 1.68. The Balaban J connectivity index is 2.78. The van der Waals surface area contributed by atoms with Crippen LogP contribution in [0.25, 0.3) is 0 Å². The van der Waals surface area contributed by atoms with E-state index in [1.165, 1.54) is 0 Å². The van der Waals surface area contributed by atoms with Crippen molar-refractivity contribution in [2.45, 2.75) is 6.92 Å². The van der Waals surface area contributed by atoms with Crippen LogP contribution in [0.3, 0.4) is 0 Å². The van der Waals surface area contributed by atoms with Crippen molar-refractivity contribution >= 4 is 6.21 Å². The number of hydrogen-bond acceptors (Lipinski definition) is 2. The van der Waals surface area contributed by atoms with Crippen LogP contribution >= 0.6 is 0 Å². The third-order valence-corrected chi connectivity index (χ3v) is 1.29. The molecule has 0 fully saturated rings. The number of allylic oxidation sites excluding steroid dienone is 2. The van der Waals surface area contributed by atoms with Gasteiger partial charge in [-0.05, 0) is 6.92 Å². The van der Waals surface area contributed by atoms with Crippen LogP contribution in [0.4, 0.5) is 0 Å². The Hall–Kier alpha value is -1.05. The van der Waals surface area contributed by atoms with E-state index in [1.807, 2.05) is 37.4 Å². The summed E-state index contributed by atoms with van der Waals surface area (Å²) in [6, 6.07) is 0. The van der Waals surface area contributed by atoms with Gasteiger partial charge >= 0.3 is 0 Å². The Morgan fingerprint density at radius 2 is 2.44 bits per heavy atom. The Morgan fingerprint density at radius 3 is 2.89 bits per heavy atom. The fraction of sp³-hybridized carbons (Fsp3) is 0.286. The highest BCUT2D eigenvalue weighted by Gasteiger charge is 1.97. The molecule has 0 N–H and O–H groups in total. The van der Waals surface area contributed by atoms with Crippen molar-refractivity contribution in [3.63, 3.8) is 0 Å². The van der Waals surface area contributed by atoms with Gasteiger partial charge in [-0.1, -0.05) is 6.08 Å². The molecule has 0 unspecified atom stereocenters. The molecule has 0 amide bonds. The summed E-state index contributed by atoms with van der Waals surface area (Å²) in [5.41, 5.74) is 1.14. The van der Waals surface area contributed by atoms with Gasteiger partial charge in [-0.25, -0.2) is 0 Å². The lowest BCUT2D eigenvalue weighted by atomic mass is 10.4. The third-order valence-electron chi connectivity index (χ3n) is 1.29. The zero-order valence-electron chi connectivity index (χ0n) is 5.70. The van der Waals surface area contributed by atoms with Crippen LogP contribution in [-0.4, -0.2) is 18.2 Å². The van der Waals surface area contributed by atoms with Crippen LogP contribution in [-0.2, 0) is 0 Å². The summed E-state index contributed by atoms with van der Waals surface area (Å²) < 4.78 is 0. The van der Waals surface area contributed by atoms with E-state index in [0.717, 1.165) is 5.70 Å². The van der Waals surface area contributed by atoms with Crippen molar-refractivity contribution in [1.82, 2.24) is 4.90 Å². The molecule has 1 rings (SSSR count). The molecule has 2 nitrogen and oxygen atoms in total. The molecule has 48 valence electrons. The first-order chi connectivity index (χ1) is 4.34. The number of nitrogens with zero attached hydrogens (tertiary/aromatic N) is 2. The summed E-state index contributed by atoms with van der Waals surface area (Å²) in [5, 5.41) is 0. The third kappa shape index (κ3) is 1.19. The molecule has 0 aliphatic carbocycles. The molecule has 9 heavy (non-hydrogen) atoms. The summed E-state index contributed by atoms with van der Waals surface area (Å²) in [4.78, 5) is 5.99. The molecule has 0 radical (unpaired) electrons. The lowest BCUT2D eigenvalue weighted by Crippen LogP contribution is -2.12. The molecule has 1 aliphatic rings. The molecule has 0 aromatic heterocycles. The van der Waals surface area contributed by atoms with Crippen molar-refractivity contribution in [2.75, 3.05) is 7.05 Å². The maximum absolute atomic E-state index is 3.96. The molecule has 0 saturated carbocycles. The van der Waals surface area contributed by atoms with Crippen molar-refractivity contribution in [3.8, 4) is 0 Å². The van der Waals surface area contributed by atoms with Crippen LogP contribution < -0.4 is 0 Å². The van der Waals surface area contributed by atoms with Gasteiger partial charge in [-0.2, -0.15) is 0 Å². The normalized spacial score (nSPS) is 21.6. The average molecular weight is 122 g/mol. The van der Waals surface area contributed by atoms with E-state index in [-0.39, 0.29) is 0 Å². The average Bonchev–Trinajstić information content (AvgIpc) is 1.89. The van der Waals surface area contributed by atoms with E-state index in [0.29, 0.717) is 0 Å². The van der Waals surface area contributed by atoms with E-state index >= 15 is 0 Å². The van der Waals surface area contributed by atoms with E-state index in [1.54, 1.807) is 6.20 Å². The quantitative estimate of drug-likeness (QED) is 0.474. The predicted molar refractivity (Wildman–Crippen MR) is 39.2 cm³/mol.